The topological polar surface area (TPSA) is 96.4 Å². The van der Waals surface area contributed by atoms with E-state index in [1.807, 2.05) is 48.5 Å². The summed E-state index contributed by atoms with van der Waals surface area (Å²) in [5.41, 5.74) is 1.35. The van der Waals surface area contributed by atoms with Crippen LogP contribution >= 0.6 is 0 Å². The summed E-state index contributed by atoms with van der Waals surface area (Å²) in [5, 5.41) is 10.5. The maximum atomic E-state index is 13.7. The summed E-state index contributed by atoms with van der Waals surface area (Å²) in [6, 6.07) is 15.4. The van der Waals surface area contributed by atoms with Gasteiger partial charge in [0.05, 0.1) is 0 Å². The molecule has 1 N–H and O–H groups in total. The van der Waals surface area contributed by atoms with Crippen LogP contribution in [0.5, 0.6) is 0 Å². The average Bonchev–Trinajstić information content (AvgIpc) is 3.26. The Bertz CT molecular complexity index is 1290. The summed E-state index contributed by atoms with van der Waals surface area (Å²) in [4.78, 5) is 41.5. The monoisotopic (exact) mass is 604 g/mol. The number of amides is 2. The lowest BCUT2D eigenvalue weighted by molar-refractivity contribution is -0.155. The number of fused-ring (bicyclic) bond motifs is 3. The fourth-order valence-corrected chi connectivity index (χ4v) is 6.08. The second kappa shape index (κ2) is 12.5. The molecule has 1 atom stereocenters. The van der Waals surface area contributed by atoms with Gasteiger partial charge < -0.3 is 19.5 Å². The van der Waals surface area contributed by atoms with Crippen molar-refractivity contribution < 1.29 is 42.1 Å². The fraction of sp³-hybridized carbons (Fsp3) is 0.531. The first-order valence-corrected chi connectivity index (χ1v) is 14.5. The van der Waals surface area contributed by atoms with Gasteiger partial charge >= 0.3 is 24.3 Å². The molecule has 1 aliphatic carbocycles. The molecule has 11 heteroatoms. The first kappa shape index (κ1) is 32.2. The Morgan fingerprint density at radius 2 is 1.47 bits per heavy atom. The van der Waals surface area contributed by atoms with Crippen LogP contribution in [0.15, 0.2) is 48.5 Å². The first-order chi connectivity index (χ1) is 20.1. The van der Waals surface area contributed by atoms with Crippen LogP contribution in [0.25, 0.3) is 11.1 Å². The molecule has 4 rings (SSSR count). The van der Waals surface area contributed by atoms with E-state index in [1.54, 1.807) is 20.8 Å². The normalized spacial score (nSPS) is 17.0. The number of aliphatic carboxylic acids is 1. The zero-order chi connectivity index (χ0) is 31.6. The molecule has 1 saturated heterocycles. The second-order valence-electron chi connectivity index (χ2n) is 12.4. The minimum Gasteiger partial charge on any atom is -0.479 e. The quantitative estimate of drug-likeness (QED) is 0.346. The molecule has 2 amide bonds. The third-order valence-corrected chi connectivity index (χ3v) is 8.33. The minimum absolute atomic E-state index is 0.102. The minimum atomic E-state index is -4.47. The van der Waals surface area contributed by atoms with E-state index in [-0.39, 0.29) is 38.5 Å². The van der Waals surface area contributed by atoms with Gasteiger partial charge in [0.2, 0.25) is 0 Å². The van der Waals surface area contributed by atoms with Crippen molar-refractivity contribution >= 4 is 18.2 Å². The summed E-state index contributed by atoms with van der Waals surface area (Å²) in [5.74, 6) is -2.29. The van der Waals surface area contributed by atoms with Crippen molar-refractivity contribution in [2.24, 2.45) is 5.92 Å². The van der Waals surface area contributed by atoms with Crippen LogP contribution in [0, 0.1) is 5.92 Å². The fourth-order valence-electron chi connectivity index (χ4n) is 6.08. The summed E-state index contributed by atoms with van der Waals surface area (Å²) >= 11 is 0. The van der Waals surface area contributed by atoms with Crippen molar-refractivity contribution in [1.29, 1.82) is 0 Å². The summed E-state index contributed by atoms with van der Waals surface area (Å²) in [6.45, 7) is 6.40. The van der Waals surface area contributed by atoms with Crippen LogP contribution in [0.1, 0.15) is 70.4 Å². The molecule has 2 aromatic rings. The van der Waals surface area contributed by atoms with Crippen LogP contribution in [0.4, 0.5) is 22.8 Å². The van der Waals surface area contributed by atoms with Crippen molar-refractivity contribution in [3.63, 3.8) is 0 Å². The van der Waals surface area contributed by atoms with Crippen LogP contribution < -0.4 is 0 Å². The lowest BCUT2D eigenvalue weighted by Crippen LogP contribution is -2.62. The number of ether oxygens (including phenoxy) is 2. The number of halogens is 3. The number of carbonyl (C=O) groups is 3. The molecule has 2 aromatic carbocycles. The average molecular weight is 605 g/mol. The number of carbonyl (C=O) groups excluding carboxylic acids is 2. The molecule has 1 fully saturated rings. The van der Waals surface area contributed by atoms with E-state index in [4.69, 9.17) is 9.47 Å². The zero-order valence-electron chi connectivity index (χ0n) is 24.9. The van der Waals surface area contributed by atoms with Crippen LogP contribution in [-0.2, 0) is 14.3 Å². The lowest BCUT2D eigenvalue weighted by Gasteiger charge is -2.45. The smallest absolute Gasteiger partial charge is 0.410 e. The number of rotatable bonds is 8. The largest absolute Gasteiger partial charge is 0.479 e. The Kier molecular flexibility index (Phi) is 9.32. The van der Waals surface area contributed by atoms with E-state index in [1.165, 1.54) is 11.8 Å². The van der Waals surface area contributed by atoms with Gasteiger partial charge in [0, 0.05) is 32.0 Å². The number of hydrogen-bond donors (Lipinski definition) is 1. The van der Waals surface area contributed by atoms with Gasteiger partial charge in [-0.15, -0.1) is 0 Å². The number of carboxylic acids is 1. The summed E-state index contributed by atoms with van der Waals surface area (Å²) < 4.78 is 50.4. The van der Waals surface area contributed by atoms with Crippen molar-refractivity contribution in [2.45, 2.75) is 76.6 Å². The van der Waals surface area contributed by atoms with Crippen molar-refractivity contribution in [3.8, 4) is 11.1 Å². The number of likely N-dealkylation sites (tertiary alicyclic amines) is 1. The van der Waals surface area contributed by atoms with Crippen molar-refractivity contribution in [2.75, 3.05) is 26.2 Å². The predicted molar refractivity (Wildman–Crippen MR) is 154 cm³/mol. The van der Waals surface area contributed by atoms with Crippen molar-refractivity contribution in [1.82, 2.24) is 9.80 Å². The Labute approximate surface area is 249 Å². The third kappa shape index (κ3) is 7.25. The number of benzene rings is 2. The van der Waals surface area contributed by atoms with E-state index < -0.39 is 60.8 Å². The molecular formula is C32H39F3N2O6. The molecule has 0 radical (unpaired) electrons. The number of hydrogen-bond acceptors (Lipinski definition) is 5. The summed E-state index contributed by atoms with van der Waals surface area (Å²) in [7, 11) is 0. The molecule has 1 unspecified atom stereocenters. The van der Waals surface area contributed by atoms with Gasteiger partial charge in [0.15, 0.2) is 0 Å². The molecular weight excluding hydrogens is 565 g/mol. The van der Waals surface area contributed by atoms with Gasteiger partial charge in [-0.3, -0.25) is 4.90 Å². The van der Waals surface area contributed by atoms with Crippen LogP contribution in [0.3, 0.4) is 0 Å². The number of nitrogens with zero attached hydrogens (tertiary/aromatic N) is 2. The maximum absolute atomic E-state index is 13.7. The molecule has 8 nitrogen and oxygen atoms in total. The zero-order valence-corrected chi connectivity index (χ0v) is 24.9. The van der Waals surface area contributed by atoms with Gasteiger partial charge in [0.25, 0.3) is 0 Å². The maximum Gasteiger partial charge on any atom is 0.410 e. The van der Waals surface area contributed by atoms with E-state index in [0.29, 0.717) is 0 Å². The Hall–Kier alpha value is -3.76. The number of piperidine rings is 1. The van der Waals surface area contributed by atoms with Gasteiger partial charge in [-0.05, 0) is 75.1 Å². The Balaban J connectivity index is 1.55. The highest BCUT2D eigenvalue weighted by Crippen LogP contribution is 2.45. The standard InChI is InChI=1S/C32H39F3N2O6/c1-30(2,3)43-28(40)36-18-14-21(15-19-36)31(4,27(38)39)37(17-9-16-32(33,34)35)29(41)42-20-26-24-12-7-5-10-22(24)23-11-6-8-13-25(23)26/h5-8,10-13,21,26H,9,14-20H2,1-4H3,(H,38,39). The molecule has 2 aliphatic rings. The van der Waals surface area contributed by atoms with Crippen LogP contribution in [-0.4, -0.2) is 76.6 Å². The van der Waals surface area contributed by atoms with Crippen LogP contribution in [0.2, 0.25) is 0 Å². The summed E-state index contributed by atoms with van der Waals surface area (Å²) in [6.07, 6.45) is -7.20. The third-order valence-electron chi connectivity index (χ3n) is 8.33. The van der Waals surface area contributed by atoms with E-state index >= 15 is 0 Å². The number of carboxylic acid groups (broad SMARTS) is 1. The van der Waals surface area contributed by atoms with Gasteiger partial charge in [0.1, 0.15) is 17.7 Å². The molecule has 43 heavy (non-hydrogen) atoms. The first-order valence-electron chi connectivity index (χ1n) is 14.5. The highest BCUT2D eigenvalue weighted by Gasteiger charge is 2.51. The Morgan fingerprint density at radius 3 is 1.95 bits per heavy atom. The second-order valence-corrected chi connectivity index (χ2v) is 12.4. The van der Waals surface area contributed by atoms with Gasteiger partial charge in [-0.2, -0.15) is 13.2 Å². The van der Waals surface area contributed by atoms with Gasteiger partial charge in [-0.1, -0.05) is 48.5 Å². The highest BCUT2D eigenvalue weighted by molar-refractivity contribution is 5.85. The molecule has 1 aliphatic heterocycles. The predicted octanol–water partition coefficient (Wildman–Crippen LogP) is 7.07. The molecule has 0 bridgehead atoms. The van der Waals surface area contributed by atoms with E-state index in [0.717, 1.165) is 27.2 Å². The Morgan fingerprint density at radius 1 is 0.930 bits per heavy atom. The van der Waals surface area contributed by atoms with Gasteiger partial charge in [-0.25, -0.2) is 14.4 Å². The molecule has 0 spiro atoms. The van der Waals surface area contributed by atoms with E-state index in [9.17, 15) is 32.7 Å². The molecule has 0 aromatic heterocycles. The lowest BCUT2D eigenvalue weighted by atomic mass is 9.77. The molecule has 234 valence electrons. The molecule has 0 saturated carbocycles. The SMILES string of the molecule is CC(C)(C)OC(=O)N1CCC(C(C)(C(=O)O)N(CCCC(F)(F)F)C(=O)OCC2c3ccccc3-c3ccccc32)CC1. The highest BCUT2D eigenvalue weighted by atomic mass is 19.4. The van der Waals surface area contributed by atoms with E-state index in [2.05, 4.69) is 0 Å². The van der Waals surface area contributed by atoms with Crippen molar-refractivity contribution in [3.05, 3.63) is 59.7 Å². The number of alkyl halides is 3. The molecule has 1 heterocycles.